The molecule has 4 heteroatoms. The first-order valence-electron chi connectivity index (χ1n) is 4.99. The fourth-order valence-corrected chi connectivity index (χ4v) is 1.28. The second-order valence-corrected chi connectivity index (χ2v) is 3.68. The van der Waals surface area contributed by atoms with Crippen molar-refractivity contribution in [1.29, 1.82) is 0 Å². The molecule has 0 unspecified atom stereocenters. The average Bonchev–Trinajstić information content (AvgIpc) is 2.16. The van der Waals surface area contributed by atoms with Gasteiger partial charge < -0.3 is 10.1 Å². The maximum atomic E-state index is 11.3. The van der Waals surface area contributed by atoms with Crippen LogP contribution in [0.25, 0.3) is 0 Å². The molecule has 2 rings (SSSR count). The number of nitrogens with one attached hydrogen (secondary N) is 2. The molecule has 1 fully saturated rings. The highest BCUT2D eigenvalue weighted by Gasteiger charge is 2.20. The lowest BCUT2D eigenvalue weighted by atomic mass is 10.2. The third-order valence-corrected chi connectivity index (χ3v) is 2.32. The van der Waals surface area contributed by atoms with Crippen LogP contribution >= 0.6 is 0 Å². The Bertz CT molecular complexity index is 344. The molecule has 0 saturated carbocycles. The minimum atomic E-state index is -0.384. The summed E-state index contributed by atoms with van der Waals surface area (Å²) in [7, 11) is 0. The normalized spacial score (nSPS) is 15.5. The lowest BCUT2D eigenvalue weighted by Crippen LogP contribution is -2.49. The zero-order valence-electron chi connectivity index (χ0n) is 8.62. The van der Waals surface area contributed by atoms with Gasteiger partial charge in [0.25, 0.3) is 0 Å². The van der Waals surface area contributed by atoms with Crippen molar-refractivity contribution in [2.24, 2.45) is 0 Å². The summed E-state index contributed by atoms with van der Waals surface area (Å²) in [5.74, 6) is 0. The minimum Gasteiger partial charge on any atom is -0.443 e. The summed E-state index contributed by atoms with van der Waals surface area (Å²) in [6.07, 6.45) is -0.360. The summed E-state index contributed by atoms with van der Waals surface area (Å²) < 4.78 is 5.11. The van der Waals surface area contributed by atoms with Crippen LogP contribution in [0, 0.1) is 6.92 Å². The fraction of sp³-hybridized carbons (Fsp3) is 0.364. The molecular weight excluding hydrogens is 192 g/mol. The molecule has 1 heterocycles. The van der Waals surface area contributed by atoms with Crippen LogP contribution in [0.2, 0.25) is 0 Å². The van der Waals surface area contributed by atoms with Crippen LogP contribution in [-0.2, 0) is 4.74 Å². The van der Waals surface area contributed by atoms with Crippen molar-refractivity contribution in [1.82, 2.24) is 5.32 Å². The molecule has 2 N–H and O–H groups in total. The Morgan fingerprint density at radius 1 is 1.40 bits per heavy atom. The Balaban J connectivity index is 1.84. The topological polar surface area (TPSA) is 50.4 Å². The summed E-state index contributed by atoms with van der Waals surface area (Å²) in [5, 5.41) is 5.71. The Kier molecular flexibility index (Phi) is 2.87. The van der Waals surface area contributed by atoms with Crippen molar-refractivity contribution >= 4 is 11.8 Å². The molecule has 0 aliphatic carbocycles. The highest BCUT2D eigenvalue weighted by Crippen LogP contribution is 2.09. The summed E-state index contributed by atoms with van der Waals surface area (Å²) in [6, 6.07) is 7.60. The van der Waals surface area contributed by atoms with Gasteiger partial charge in [0.15, 0.2) is 0 Å². The summed E-state index contributed by atoms with van der Waals surface area (Å²) in [4.78, 5) is 11.3. The number of benzene rings is 1. The van der Waals surface area contributed by atoms with E-state index in [0.717, 1.165) is 24.3 Å². The number of ether oxygens (including phenoxy) is 1. The summed E-state index contributed by atoms with van der Waals surface area (Å²) in [6.45, 7) is 3.50. The van der Waals surface area contributed by atoms with E-state index >= 15 is 0 Å². The first kappa shape index (κ1) is 9.98. The molecule has 1 amide bonds. The van der Waals surface area contributed by atoms with Crippen molar-refractivity contribution in [2.45, 2.75) is 13.0 Å². The second-order valence-electron chi connectivity index (χ2n) is 3.68. The molecule has 0 aromatic heterocycles. The lowest BCUT2D eigenvalue weighted by molar-refractivity contribution is 0.0778. The average molecular weight is 206 g/mol. The highest BCUT2D eigenvalue weighted by molar-refractivity contribution is 5.84. The summed E-state index contributed by atoms with van der Waals surface area (Å²) in [5.41, 5.74) is 1.93. The Morgan fingerprint density at radius 3 is 2.60 bits per heavy atom. The van der Waals surface area contributed by atoms with E-state index in [1.54, 1.807) is 0 Å². The van der Waals surface area contributed by atoms with Crippen molar-refractivity contribution in [3.05, 3.63) is 29.8 Å². The molecule has 4 nitrogen and oxygen atoms in total. The van der Waals surface area contributed by atoms with Gasteiger partial charge in [-0.2, -0.15) is 0 Å². The second kappa shape index (κ2) is 4.31. The van der Waals surface area contributed by atoms with Crippen LogP contribution in [0.15, 0.2) is 24.3 Å². The van der Waals surface area contributed by atoms with Gasteiger partial charge in [-0.1, -0.05) is 17.7 Å². The van der Waals surface area contributed by atoms with Crippen molar-refractivity contribution in [3.8, 4) is 0 Å². The first-order chi connectivity index (χ1) is 7.24. The van der Waals surface area contributed by atoms with Crippen LogP contribution in [0.1, 0.15) is 5.56 Å². The molecule has 0 atom stereocenters. The fourth-order valence-electron chi connectivity index (χ4n) is 1.28. The van der Waals surface area contributed by atoms with Gasteiger partial charge in [-0.3, -0.25) is 5.32 Å². The van der Waals surface area contributed by atoms with Crippen LogP contribution in [0.3, 0.4) is 0 Å². The largest absolute Gasteiger partial charge is 0.443 e. The summed E-state index contributed by atoms with van der Waals surface area (Å²) >= 11 is 0. The predicted octanol–water partition coefficient (Wildman–Crippen LogP) is 1.52. The van der Waals surface area contributed by atoms with E-state index in [2.05, 4.69) is 10.6 Å². The van der Waals surface area contributed by atoms with E-state index in [1.165, 1.54) is 0 Å². The van der Waals surface area contributed by atoms with Gasteiger partial charge in [0.1, 0.15) is 6.10 Å². The van der Waals surface area contributed by atoms with Gasteiger partial charge in [-0.15, -0.1) is 0 Å². The Morgan fingerprint density at radius 2 is 2.07 bits per heavy atom. The molecule has 0 bridgehead atoms. The molecule has 1 aliphatic heterocycles. The minimum absolute atomic E-state index is 0.0236. The SMILES string of the molecule is Cc1ccc(NC(=O)OC2CNC2)cc1. The van der Waals surface area contributed by atoms with Crippen molar-refractivity contribution in [2.75, 3.05) is 18.4 Å². The van der Waals surface area contributed by atoms with Gasteiger partial charge in [0.05, 0.1) is 0 Å². The Labute approximate surface area is 88.6 Å². The molecule has 1 aliphatic rings. The Hall–Kier alpha value is -1.55. The van der Waals surface area contributed by atoms with E-state index < -0.39 is 0 Å². The van der Waals surface area contributed by atoms with E-state index in [0.29, 0.717) is 0 Å². The number of carbonyl (C=O) groups is 1. The molecule has 0 spiro atoms. The number of amides is 1. The monoisotopic (exact) mass is 206 g/mol. The number of rotatable bonds is 2. The molecule has 1 saturated heterocycles. The maximum Gasteiger partial charge on any atom is 0.411 e. The zero-order valence-corrected chi connectivity index (χ0v) is 8.62. The quantitative estimate of drug-likeness (QED) is 0.771. The number of anilines is 1. The van der Waals surface area contributed by atoms with Crippen molar-refractivity contribution in [3.63, 3.8) is 0 Å². The van der Waals surface area contributed by atoms with Crippen molar-refractivity contribution < 1.29 is 9.53 Å². The predicted molar refractivity (Wildman–Crippen MR) is 57.9 cm³/mol. The van der Waals surface area contributed by atoms with E-state index in [9.17, 15) is 4.79 Å². The lowest BCUT2D eigenvalue weighted by Gasteiger charge is -2.26. The van der Waals surface area contributed by atoms with Gasteiger partial charge in [0, 0.05) is 18.8 Å². The molecule has 15 heavy (non-hydrogen) atoms. The first-order valence-corrected chi connectivity index (χ1v) is 4.99. The standard InChI is InChI=1S/C11H14N2O2/c1-8-2-4-9(5-3-8)13-11(14)15-10-6-12-7-10/h2-5,10,12H,6-7H2,1H3,(H,13,14). The highest BCUT2D eigenvalue weighted by atomic mass is 16.6. The van der Waals surface area contributed by atoms with Crippen LogP contribution in [-0.4, -0.2) is 25.3 Å². The van der Waals surface area contributed by atoms with Crippen LogP contribution in [0.5, 0.6) is 0 Å². The number of hydrogen-bond donors (Lipinski definition) is 2. The van der Waals surface area contributed by atoms with Crippen LogP contribution < -0.4 is 10.6 Å². The molecular formula is C11H14N2O2. The maximum absolute atomic E-state index is 11.3. The van der Waals surface area contributed by atoms with E-state index in [1.807, 2.05) is 31.2 Å². The van der Waals surface area contributed by atoms with Gasteiger partial charge in [0.2, 0.25) is 0 Å². The van der Waals surface area contributed by atoms with Gasteiger partial charge in [-0.05, 0) is 19.1 Å². The van der Waals surface area contributed by atoms with Gasteiger partial charge in [-0.25, -0.2) is 4.79 Å². The number of hydrogen-bond acceptors (Lipinski definition) is 3. The molecule has 80 valence electrons. The number of carbonyl (C=O) groups excluding carboxylic acids is 1. The third kappa shape index (κ3) is 2.70. The molecule has 1 aromatic carbocycles. The van der Waals surface area contributed by atoms with Gasteiger partial charge >= 0.3 is 6.09 Å². The zero-order chi connectivity index (χ0) is 10.7. The molecule has 1 aromatic rings. The van der Waals surface area contributed by atoms with Crippen LogP contribution in [0.4, 0.5) is 10.5 Å². The number of aryl methyl sites for hydroxylation is 1. The van der Waals surface area contributed by atoms with E-state index in [4.69, 9.17) is 4.74 Å². The van der Waals surface area contributed by atoms with E-state index in [-0.39, 0.29) is 12.2 Å². The molecule has 0 radical (unpaired) electrons. The third-order valence-electron chi connectivity index (χ3n) is 2.32. The smallest absolute Gasteiger partial charge is 0.411 e.